The second-order valence-corrected chi connectivity index (χ2v) is 21.3. The summed E-state index contributed by atoms with van der Waals surface area (Å²) >= 11 is 0. The van der Waals surface area contributed by atoms with Gasteiger partial charge in [0.05, 0.1) is 0 Å². The Hall–Kier alpha value is -2.37. The van der Waals surface area contributed by atoms with Crippen LogP contribution in [0.15, 0.2) is 36.5 Å². The Morgan fingerprint density at radius 3 is 0.831 bits per heavy atom. The van der Waals surface area contributed by atoms with E-state index in [0.29, 0.717) is 19.3 Å². The van der Waals surface area contributed by atoms with E-state index in [-0.39, 0.29) is 31.1 Å². The van der Waals surface area contributed by atoms with Crippen molar-refractivity contribution in [2.24, 2.45) is 0 Å². The minimum atomic E-state index is -0.770. The van der Waals surface area contributed by atoms with Crippen LogP contribution in [0.4, 0.5) is 0 Å². The van der Waals surface area contributed by atoms with Gasteiger partial charge in [-0.2, -0.15) is 0 Å². The quantitative estimate of drug-likeness (QED) is 0.0261. The van der Waals surface area contributed by atoms with Gasteiger partial charge in [-0.1, -0.05) is 288 Å². The monoisotopic (exact) mass is 997 g/mol. The number of hydrogen-bond donors (Lipinski definition) is 0. The topological polar surface area (TPSA) is 78.9 Å². The van der Waals surface area contributed by atoms with Crippen molar-refractivity contribution in [3.05, 3.63) is 36.5 Å². The van der Waals surface area contributed by atoms with Crippen molar-refractivity contribution in [1.82, 2.24) is 0 Å². The van der Waals surface area contributed by atoms with Crippen LogP contribution < -0.4 is 0 Å². The number of carbonyl (C=O) groups is 3. The summed E-state index contributed by atoms with van der Waals surface area (Å²) in [5.74, 6) is -0.860. The molecule has 0 heterocycles. The molecule has 0 aliphatic carbocycles. The highest BCUT2D eigenvalue weighted by Crippen LogP contribution is 2.17. The molecule has 0 aromatic heterocycles. The van der Waals surface area contributed by atoms with Crippen LogP contribution in [0.25, 0.3) is 0 Å². The minimum Gasteiger partial charge on any atom is -0.462 e. The van der Waals surface area contributed by atoms with Gasteiger partial charge >= 0.3 is 17.9 Å². The normalized spacial score (nSPS) is 12.2. The van der Waals surface area contributed by atoms with Crippen molar-refractivity contribution in [2.45, 2.75) is 348 Å². The lowest BCUT2D eigenvalue weighted by molar-refractivity contribution is -0.167. The van der Waals surface area contributed by atoms with Gasteiger partial charge in [-0.15, -0.1) is 0 Å². The molecule has 6 heteroatoms. The third kappa shape index (κ3) is 58.4. The zero-order valence-corrected chi connectivity index (χ0v) is 47.8. The molecule has 0 N–H and O–H groups in total. The number of rotatable bonds is 58. The molecule has 0 aromatic carbocycles. The number of unbranched alkanes of at least 4 members (excludes halogenated alkanes) is 41. The number of esters is 3. The van der Waals surface area contributed by atoms with Gasteiger partial charge in [-0.05, 0) is 70.6 Å². The third-order valence-corrected chi connectivity index (χ3v) is 14.1. The Labute approximate surface area is 442 Å². The van der Waals surface area contributed by atoms with E-state index >= 15 is 0 Å². The van der Waals surface area contributed by atoms with E-state index in [1.807, 2.05) is 0 Å². The van der Waals surface area contributed by atoms with Crippen molar-refractivity contribution in [3.63, 3.8) is 0 Å². The number of hydrogen-bond acceptors (Lipinski definition) is 6. The standard InChI is InChI=1S/C65H120O6/c1-4-7-10-13-16-19-22-24-25-26-27-28-29-30-31-32-33-34-35-36-37-38-39-41-43-46-49-52-55-58-64(67)70-61-62(60-69-63(66)57-54-51-48-45-42-21-18-15-12-9-6-3)71-65(68)59-56-53-50-47-44-40-23-20-17-14-11-8-5-2/h15,18,22,24,26-27,62H,4-14,16-17,19-21,23,25,28-61H2,1-3H3/b18-15-,24-22-,27-26-. The molecule has 0 radical (unpaired) electrons. The number of allylic oxidation sites excluding steroid dienone is 6. The van der Waals surface area contributed by atoms with Crippen LogP contribution >= 0.6 is 0 Å². The Balaban J connectivity index is 4.10. The van der Waals surface area contributed by atoms with Gasteiger partial charge < -0.3 is 14.2 Å². The predicted octanol–water partition coefficient (Wildman–Crippen LogP) is 21.2. The van der Waals surface area contributed by atoms with Gasteiger partial charge in [0.2, 0.25) is 0 Å². The fraction of sp³-hybridized carbons (Fsp3) is 0.862. The molecule has 1 atom stereocenters. The molecule has 0 aromatic rings. The first-order valence-electron chi connectivity index (χ1n) is 31.5. The van der Waals surface area contributed by atoms with Gasteiger partial charge in [-0.25, -0.2) is 0 Å². The molecule has 6 nitrogen and oxygen atoms in total. The summed E-state index contributed by atoms with van der Waals surface area (Å²) in [4.78, 5) is 38.1. The first-order chi connectivity index (χ1) is 35.0. The van der Waals surface area contributed by atoms with E-state index in [0.717, 1.165) is 70.6 Å². The molecular weight excluding hydrogens is 877 g/mol. The fourth-order valence-corrected chi connectivity index (χ4v) is 9.34. The van der Waals surface area contributed by atoms with E-state index in [1.165, 1.54) is 231 Å². The van der Waals surface area contributed by atoms with Crippen LogP contribution in [-0.2, 0) is 28.6 Å². The highest BCUT2D eigenvalue weighted by atomic mass is 16.6. The molecule has 0 rings (SSSR count). The predicted molar refractivity (Wildman–Crippen MR) is 307 cm³/mol. The van der Waals surface area contributed by atoms with Crippen LogP contribution in [0, 0.1) is 0 Å². The summed E-state index contributed by atoms with van der Waals surface area (Å²) in [5, 5.41) is 0. The van der Waals surface area contributed by atoms with Gasteiger partial charge in [0, 0.05) is 19.3 Å². The lowest BCUT2D eigenvalue weighted by Crippen LogP contribution is -2.30. The summed E-state index contributed by atoms with van der Waals surface area (Å²) in [6.45, 7) is 6.63. The highest BCUT2D eigenvalue weighted by molar-refractivity contribution is 5.71. The van der Waals surface area contributed by atoms with E-state index in [9.17, 15) is 14.4 Å². The summed E-state index contributed by atoms with van der Waals surface area (Å²) in [5.41, 5.74) is 0. The Bertz CT molecular complexity index is 1190. The maximum absolute atomic E-state index is 12.8. The van der Waals surface area contributed by atoms with Crippen LogP contribution in [0.5, 0.6) is 0 Å². The van der Waals surface area contributed by atoms with Crippen LogP contribution in [0.2, 0.25) is 0 Å². The van der Waals surface area contributed by atoms with E-state index in [1.54, 1.807) is 0 Å². The third-order valence-electron chi connectivity index (χ3n) is 14.1. The maximum atomic E-state index is 12.8. The Kier molecular flexibility index (Phi) is 58.2. The number of ether oxygens (including phenoxy) is 3. The van der Waals surface area contributed by atoms with Crippen LogP contribution in [-0.4, -0.2) is 37.2 Å². The zero-order chi connectivity index (χ0) is 51.4. The van der Waals surface area contributed by atoms with Crippen LogP contribution in [0.1, 0.15) is 342 Å². The largest absolute Gasteiger partial charge is 0.462 e. The highest BCUT2D eigenvalue weighted by Gasteiger charge is 2.19. The molecule has 0 aliphatic heterocycles. The van der Waals surface area contributed by atoms with E-state index in [4.69, 9.17) is 14.2 Å². The molecule has 416 valence electrons. The van der Waals surface area contributed by atoms with Gasteiger partial charge in [0.25, 0.3) is 0 Å². The first kappa shape index (κ1) is 68.6. The summed E-state index contributed by atoms with van der Waals surface area (Å²) in [6.07, 6.45) is 73.1. The lowest BCUT2D eigenvalue weighted by atomic mass is 10.0. The zero-order valence-electron chi connectivity index (χ0n) is 47.8. The second kappa shape index (κ2) is 60.2. The van der Waals surface area contributed by atoms with Gasteiger partial charge in [0.15, 0.2) is 6.10 Å². The van der Waals surface area contributed by atoms with Gasteiger partial charge in [-0.3, -0.25) is 14.4 Å². The second-order valence-electron chi connectivity index (χ2n) is 21.3. The molecule has 0 saturated heterocycles. The Morgan fingerprint density at radius 2 is 0.521 bits per heavy atom. The smallest absolute Gasteiger partial charge is 0.306 e. The fourth-order valence-electron chi connectivity index (χ4n) is 9.34. The molecule has 0 fully saturated rings. The van der Waals surface area contributed by atoms with Crippen molar-refractivity contribution in [3.8, 4) is 0 Å². The average molecular weight is 998 g/mol. The molecule has 0 aliphatic rings. The van der Waals surface area contributed by atoms with Crippen molar-refractivity contribution < 1.29 is 28.6 Å². The molecule has 0 bridgehead atoms. The van der Waals surface area contributed by atoms with Crippen molar-refractivity contribution in [1.29, 1.82) is 0 Å². The molecule has 0 saturated carbocycles. The van der Waals surface area contributed by atoms with Crippen molar-refractivity contribution >= 4 is 17.9 Å². The summed E-state index contributed by atoms with van der Waals surface area (Å²) in [6, 6.07) is 0. The summed E-state index contributed by atoms with van der Waals surface area (Å²) in [7, 11) is 0. The Morgan fingerprint density at radius 1 is 0.282 bits per heavy atom. The molecular formula is C65H120O6. The molecule has 1 unspecified atom stereocenters. The summed E-state index contributed by atoms with van der Waals surface area (Å²) < 4.78 is 16.9. The maximum Gasteiger partial charge on any atom is 0.306 e. The van der Waals surface area contributed by atoms with Crippen LogP contribution in [0.3, 0.4) is 0 Å². The molecule has 0 amide bonds. The van der Waals surface area contributed by atoms with Gasteiger partial charge in [0.1, 0.15) is 13.2 Å². The number of carbonyl (C=O) groups excluding carboxylic acids is 3. The minimum absolute atomic E-state index is 0.0698. The SMILES string of the molecule is CCCC/C=C\CCCCCCCC(=O)OCC(COC(=O)CCCCCCCCCCCCCCCCCCC/C=C\C/C=C\CCCCCCC)OC(=O)CCCCCCCCCCCCCCC. The lowest BCUT2D eigenvalue weighted by Gasteiger charge is -2.18. The van der Waals surface area contributed by atoms with E-state index < -0.39 is 6.10 Å². The first-order valence-corrected chi connectivity index (χ1v) is 31.5. The molecule has 0 spiro atoms. The molecule has 71 heavy (non-hydrogen) atoms. The van der Waals surface area contributed by atoms with Crippen molar-refractivity contribution in [2.75, 3.05) is 13.2 Å². The average Bonchev–Trinajstić information content (AvgIpc) is 3.37. The van der Waals surface area contributed by atoms with E-state index in [2.05, 4.69) is 57.2 Å².